The highest BCUT2D eigenvalue weighted by Gasteiger charge is 2.59. The fourth-order valence-corrected chi connectivity index (χ4v) is 7.13. The summed E-state index contributed by atoms with van der Waals surface area (Å²) in [4.78, 5) is 12.5. The largest absolute Gasteiger partial charge is 0.388 e. The molecule has 0 amide bonds. The SMILES string of the molecule is COCCNCC1(O)CCC2(C)C(=CCC3C4CCC(=O)C4(C)CCC32)C1. The summed E-state index contributed by atoms with van der Waals surface area (Å²) in [6, 6.07) is 0. The van der Waals surface area contributed by atoms with Crippen molar-refractivity contribution in [2.24, 2.45) is 28.6 Å². The number of Topliss-reactive ketones (excluding diaryl/α,β-unsaturated/α-hetero) is 1. The Balaban J connectivity index is 1.50. The van der Waals surface area contributed by atoms with Crippen LogP contribution in [0.3, 0.4) is 0 Å². The van der Waals surface area contributed by atoms with Crippen molar-refractivity contribution in [3.8, 4) is 0 Å². The standard InChI is InChI=1S/C23H37NO3/c1-21-10-11-23(26,15-24-12-13-27-3)14-16(21)4-5-17-18-6-7-20(25)22(18,2)9-8-19(17)21/h4,17-19,24,26H,5-15H2,1-3H3. The summed E-state index contributed by atoms with van der Waals surface area (Å²) in [5, 5.41) is 14.5. The van der Waals surface area contributed by atoms with E-state index < -0.39 is 5.60 Å². The average molecular weight is 376 g/mol. The predicted octanol–water partition coefficient (Wildman–Crippen LogP) is 3.49. The van der Waals surface area contributed by atoms with Gasteiger partial charge in [0.2, 0.25) is 0 Å². The van der Waals surface area contributed by atoms with Gasteiger partial charge < -0.3 is 15.2 Å². The number of allylic oxidation sites excluding steroid dienone is 1. The Bertz CT molecular complexity index is 631. The van der Waals surface area contributed by atoms with Crippen molar-refractivity contribution < 1.29 is 14.6 Å². The van der Waals surface area contributed by atoms with Crippen LogP contribution in [0.4, 0.5) is 0 Å². The molecule has 3 fully saturated rings. The summed E-state index contributed by atoms with van der Waals surface area (Å²) >= 11 is 0. The van der Waals surface area contributed by atoms with E-state index in [-0.39, 0.29) is 10.8 Å². The first-order valence-electron chi connectivity index (χ1n) is 11.0. The van der Waals surface area contributed by atoms with Crippen molar-refractivity contribution in [1.29, 1.82) is 0 Å². The molecular formula is C23H37NO3. The molecule has 6 atom stereocenters. The number of ether oxygens (including phenoxy) is 1. The fourth-order valence-electron chi connectivity index (χ4n) is 7.13. The van der Waals surface area contributed by atoms with Gasteiger partial charge in [-0.1, -0.05) is 25.5 Å². The van der Waals surface area contributed by atoms with Crippen LogP contribution in [0.1, 0.15) is 65.2 Å². The van der Waals surface area contributed by atoms with Gasteiger partial charge in [0, 0.05) is 32.0 Å². The Kier molecular flexibility index (Phi) is 5.05. The van der Waals surface area contributed by atoms with Gasteiger partial charge in [0.25, 0.3) is 0 Å². The highest BCUT2D eigenvalue weighted by atomic mass is 16.5. The number of aliphatic hydroxyl groups is 1. The molecule has 3 saturated carbocycles. The zero-order chi connectivity index (χ0) is 19.3. The molecule has 0 spiro atoms. The third-order valence-electron chi connectivity index (χ3n) is 8.90. The van der Waals surface area contributed by atoms with E-state index in [1.807, 2.05) is 0 Å². The van der Waals surface area contributed by atoms with Gasteiger partial charge in [-0.25, -0.2) is 0 Å². The van der Waals surface area contributed by atoms with Crippen molar-refractivity contribution in [3.05, 3.63) is 11.6 Å². The molecule has 0 saturated heterocycles. The summed E-state index contributed by atoms with van der Waals surface area (Å²) in [7, 11) is 1.71. The predicted molar refractivity (Wildman–Crippen MR) is 106 cm³/mol. The third-order valence-corrected chi connectivity index (χ3v) is 8.90. The number of ketones is 1. The second-order valence-corrected chi connectivity index (χ2v) is 10.2. The summed E-state index contributed by atoms with van der Waals surface area (Å²) in [5.41, 5.74) is 1.02. The molecule has 0 aromatic rings. The monoisotopic (exact) mass is 375 g/mol. The van der Waals surface area contributed by atoms with Gasteiger partial charge in [-0.3, -0.25) is 4.79 Å². The number of methoxy groups -OCH3 is 1. The van der Waals surface area contributed by atoms with Gasteiger partial charge in [-0.2, -0.15) is 0 Å². The molecule has 4 nitrogen and oxygen atoms in total. The van der Waals surface area contributed by atoms with Crippen LogP contribution in [-0.2, 0) is 9.53 Å². The van der Waals surface area contributed by atoms with Crippen LogP contribution in [0.25, 0.3) is 0 Å². The van der Waals surface area contributed by atoms with Gasteiger partial charge in [0.05, 0.1) is 12.2 Å². The minimum Gasteiger partial charge on any atom is -0.388 e. The number of nitrogens with one attached hydrogen (secondary N) is 1. The maximum atomic E-state index is 12.5. The highest BCUT2D eigenvalue weighted by Crippen LogP contribution is 2.64. The lowest BCUT2D eigenvalue weighted by molar-refractivity contribution is -0.132. The molecule has 6 unspecified atom stereocenters. The Labute approximate surface area is 164 Å². The molecule has 0 aromatic heterocycles. The third kappa shape index (κ3) is 3.12. The molecule has 0 aromatic carbocycles. The van der Waals surface area contributed by atoms with Crippen molar-refractivity contribution in [3.63, 3.8) is 0 Å². The summed E-state index contributed by atoms with van der Waals surface area (Å²) < 4.78 is 5.10. The van der Waals surface area contributed by atoms with Crippen LogP contribution in [0.5, 0.6) is 0 Å². The van der Waals surface area contributed by atoms with E-state index >= 15 is 0 Å². The first kappa shape index (κ1) is 19.6. The molecule has 4 aliphatic carbocycles. The first-order valence-corrected chi connectivity index (χ1v) is 11.0. The Morgan fingerprint density at radius 3 is 2.74 bits per heavy atom. The van der Waals surface area contributed by atoms with Crippen molar-refractivity contribution in [2.75, 3.05) is 26.8 Å². The van der Waals surface area contributed by atoms with E-state index in [1.54, 1.807) is 7.11 Å². The maximum absolute atomic E-state index is 12.5. The maximum Gasteiger partial charge on any atom is 0.139 e. The first-order chi connectivity index (χ1) is 12.8. The van der Waals surface area contributed by atoms with E-state index in [9.17, 15) is 9.90 Å². The summed E-state index contributed by atoms with van der Waals surface area (Å²) in [6.07, 6.45) is 10.4. The molecule has 0 radical (unpaired) electrons. The summed E-state index contributed by atoms with van der Waals surface area (Å²) in [5.74, 6) is 2.45. The molecule has 152 valence electrons. The fraction of sp³-hybridized carbons (Fsp3) is 0.870. The Morgan fingerprint density at radius 1 is 1.19 bits per heavy atom. The highest BCUT2D eigenvalue weighted by molar-refractivity contribution is 5.87. The molecule has 4 heteroatoms. The molecular weight excluding hydrogens is 338 g/mol. The number of hydrogen-bond donors (Lipinski definition) is 2. The summed E-state index contributed by atoms with van der Waals surface area (Å²) in [6.45, 7) is 6.81. The van der Waals surface area contributed by atoms with E-state index in [0.717, 1.165) is 51.5 Å². The lowest BCUT2D eigenvalue weighted by Crippen LogP contribution is -2.54. The van der Waals surface area contributed by atoms with Crippen molar-refractivity contribution in [1.82, 2.24) is 5.32 Å². The molecule has 0 aliphatic heterocycles. The van der Waals surface area contributed by atoms with E-state index in [0.29, 0.717) is 36.7 Å². The van der Waals surface area contributed by atoms with E-state index in [2.05, 4.69) is 25.2 Å². The number of carbonyl (C=O) groups excluding carboxylic acids is 1. The van der Waals surface area contributed by atoms with Crippen LogP contribution >= 0.6 is 0 Å². The van der Waals surface area contributed by atoms with E-state index in [1.165, 1.54) is 12.0 Å². The smallest absolute Gasteiger partial charge is 0.139 e. The van der Waals surface area contributed by atoms with Gasteiger partial charge in [0.15, 0.2) is 0 Å². The minimum absolute atomic E-state index is 0.0520. The topological polar surface area (TPSA) is 58.6 Å². The zero-order valence-electron chi connectivity index (χ0n) is 17.4. The normalized spacial score (nSPS) is 46.4. The van der Waals surface area contributed by atoms with E-state index in [4.69, 9.17) is 4.74 Å². The number of hydrogen-bond acceptors (Lipinski definition) is 4. The second-order valence-electron chi connectivity index (χ2n) is 10.2. The molecule has 4 aliphatic rings. The molecule has 2 N–H and O–H groups in total. The number of carbonyl (C=O) groups is 1. The van der Waals surface area contributed by atoms with Gasteiger partial charge in [-0.05, 0) is 68.1 Å². The molecule has 0 bridgehead atoms. The second kappa shape index (κ2) is 6.96. The van der Waals surface area contributed by atoms with Crippen LogP contribution in [0.2, 0.25) is 0 Å². The van der Waals surface area contributed by atoms with Gasteiger partial charge >= 0.3 is 0 Å². The lowest BCUT2D eigenvalue weighted by Gasteiger charge is -2.58. The quantitative estimate of drug-likeness (QED) is 0.570. The van der Waals surface area contributed by atoms with Crippen molar-refractivity contribution >= 4 is 5.78 Å². The molecule has 0 heterocycles. The van der Waals surface area contributed by atoms with Crippen LogP contribution in [0, 0.1) is 28.6 Å². The Hall–Kier alpha value is -0.710. The number of fused-ring (bicyclic) bond motifs is 5. The van der Waals surface area contributed by atoms with Gasteiger partial charge in [0.1, 0.15) is 5.78 Å². The minimum atomic E-state index is -0.627. The number of rotatable bonds is 5. The van der Waals surface area contributed by atoms with Gasteiger partial charge in [-0.15, -0.1) is 0 Å². The average Bonchev–Trinajstić information content (AvgIpc) is 2.95. The van der Waals surface area contributed by atoms with Crippen LogP contribution in [0.15, 0.2) is 11.6 Å². The van der Waals surface area contributed by atoms with Crippen LogP contribution in [-0.4, -0.2) is 43.3 Å². The molecule has 4 rings (SSSR count). The molecule has 27 heavy (non-hydrogen) atoms. The lowest BCUT2D eigenvalue weighted by atomic mass is 9.47. The zero-order valence-corrected chi connectivity index (χ0v) is 17.4. The van der Waals surface area contributed by atoms with Crippen molar-refractivity contribution in [2.45, 2.75) is 70.8 Å². The van der Waals surface area contributed by atoms with Crippen LogP contribution < -0.4 is 5.32 Å². The Morgan fingerprint density at radius 2 is 1.96 bits per heavy atom.